The van der Waals surface area contributed by atoms with Gasteiger partial charge < -0.3 is 4.98 Å². The molecule has 0 spiro atoms. The number of nitrogens with one attached hydrogen (secondary N) is 1. The number of H-pyrrole nitrogens is 1. The van der Waals surface area contributed by atoms with Crippen LogP contribution in [0.25, 0.3) is 22.0 Å². The first kappa shape index (κ1) is 11.1. The maximum absolute atomic E-state index is 3.24. The van der Waals surface area contributed by atoms with Crippen LogP contribution >= 0.6 is 0 Å². The van der Waals surface area contributed by atoms with E-state index in [-0.39, 0.29) is 0 Å². The highest BCUT2D eigenvalue weighted by atomic mass is 14.7. The van der Waals surface area contributed by atoms with Crippen molar-refractivity contribution in [2.45, 2.75) is 19.8 Å². The van der Waals surface area contributed by atoms with Gasteiger partial charge in [0, 0.05) is 11.7 Å². The first-order chi connectivity index (χ1) is 8.75. The van der Waals surface area contributed by atoms with Crippen molar-refractivity contribution in [1.29, 1.82) is 0 Å². The van der Waals surface area contributed by atoms with Gasteiger partial charge in [-0.15, -0.1) is 0 Å². The normalized spacial score (nSPS) is 11.3. The Morgan fingerprint density at radius 3 is 2.61 bits per heavy atom. The third kappa shape index (κ3) is 1.82. The molecule has 1 N–H and O–H groups in total. The Hall–Kier alpha value is -2.02. The number of hydrogen-bond donors (Lipinski definition) is 1. The second-order valence-corrected chi connectivity index (χ2v) is 5.02. The zero-order valence-electron chi connectivity index (χ0n) is 10.8. The molecule has 2 aromatic carbocycles. The minimum absolute atomic E-state index is 0.545. The molecule has 1 aromatic heterocycles. The van der Waals surface area contributed by atoms with Crippen LogP contribution in [-0.2, 0) is 0 Å². The lowest BCUT2D eigenvalue weighted by Crippen LogP contribution is -1.91. The van der Waals surface area contributed by atoms with Crippen LogP contribution in [0.15, 0.2) is 54.7 Å². The Bertz CT molecular complexity index is 677. The summed E-state index contributed by atoms with van der Waals surface area (Å²) in [4.78, 5) is 3.24. The van der Waals surface area contributed by atoms with Crippen molar-refractivity contribution < 1.29 is 0 Å². The molecule has 0 aliphatic carbocycles. The minimum atomic E-state index is 0.545. The molecule has 0 saturated heterocycles. The third-order valence-electron chi connectivity index (χ3n) is 3.45. The molecule has 1 heterocycles. The average Bonchev–Trinajstić information content (AvgIpc) is 2.85. The first-order valence-corrected chi connectivity index (χ1v) is 6.42. The molecule has 0 fully saturated rings. The molecule has 90 valence electrons. The van der Waals surface area contributed by atoms with Crippen molar-refractivity contribution in [1.82, 2.24) is 4.98 Å². The summed E-state index contributed by atoms with van der Waals surface area (Å²) in [6.07, 6.45) is 1.99. The van der Waals surface area contributed by atoms with E-state index in [9.17, 15) is 0 Å². The van der Waals surface area contributed by atoms with Crippen LogP contribution in [-0.4, -0.2) is 4.98 Å². The maximum atomic E-state index is 3.24. The van der Waals surface area contributed by atoms with E-state index in [4.69, 9.17) is 0 Å². The van der Waals surface area contributed by atoms with Crippen molar-refractivity contribution in [3.05, 3.63) is 60.3 Å². The van der Waals surface area contributed by atoms with Gasteiger partial charge in [-0.05, 0) is 46.2 Å². The summed E-state index contributed by atoms with van der Waals surface area (Å²) in [7, 11) is 0. The maximum Gasteiger partial charge on any atom is 0.0454 e. The van der Waals surface area contributed by atoms with Gasteiger partial charge in [0.05, 0.1) is 0 Å². The number of hydrogen-bond acceptors (Lipinski definition) is 0. The van der Waals surface area contributed by atoms with Gasteiger partial charge in [-0.2, -0.15) is 0 Å². The van der Waals surface area contributed by atoms with E-state index in [1.807, 2.05) is 6.20 Å². The van der Waals surface area contributed by atoms with E-state index < -0.39 is 0 Å². The molecule has 0 aliphatic heterocycles. The largest absolute Gasteiger partial charge is 0.361 e. The summed E-state index contributed by atoms with van der Waals surface area (Å²) < 4.78 is 0. The number of rotatable bonds is 2. The van der Waals surface area contributed by atoms with E-state index in [0.717, 1.165) is 0 Å². The minimum Gasteiger partial charge on any atom is -0.361 e. The molecule has 3 rings (SSSR count). The molecule has 1 nitrogen and oxygen atoms in total. The fraction of sp³-hybridized carbons (Fsp3) is 0.176. The SMILES string of the molecule is CC(C)c1ccccc1-c1ccc2[nH]ccc2c1. The lowest BCUT2D eigenvalue weighted by Gasteiger charge is -2.12. The Balaban J connectivity index is 2.19. The van der Waals surface area contributed by atoms with E-state index in [0.29, 0.717) is 5.92 Å². The average molecular weight is 235 g/mol. The molecular weight excluding hydrogens is 218 g/mol. The summed E-state index contributed by atoms with van der Waals surface area (Å²) in [5.74, 6) is 0.545. The highest BCUT2D eigenvalue weighted by Crippen LogP contribution is 2.30. The van der Waals surface area contributed by atoms with Crippen LogP contribution in [0.1, 0.15) is 25.3 Å². The summed E-state index contributed by atoms with van der Waals surface area (Å²) in [5.41, 5.74) is 5.25. The number of aromatic amines is 1. The highest BCUT2D eigenvalue weighted by Gasteiger charge is 2.08. The van der Waals surface area contributed by atoms with Gasteiger partial charge in [0.15, 0.2) is 0 Å². The smallest absolute Gasteiger partial charge is 0.0454 e. The fourth-order valence-electron chi connectivity index (χ4n) is 2.48. The molecule has 0 radical (unpaired) electrons. The number of fused-ring (bicyclic) bond motifs is 1. The molecule has 0 bridgehead atoms. The quantitative estimate of drug-likeness (QED) is 0.646. The van der Waals surface area contributed by atoms with Crippen LogP contribution in [0.2, 0.25) is 0 Å². The third-order valence-corrected chi connectivity index (χ3v) is 3.45. The molecule has 0 amide bonds. The number of benzene rings is 2. The van der Waals surface area contributed by atoms with Crippen LogP contribution in [0.5, 0.6) is 0 Å². The second kappa shape index (κ2) is 4.34. The van der Waals surface area contributed by atoms with Crippen LogP contribution in [0.3, 0.4) is 0 Å². The van der Waals surface area contributed by atoms with Gasteiger partial charge >= 0.3 is 0 Å². The van der Waals surface area contributed by atoms with Crippen molar-refractivity contribution in [2.24, 2.45) is 0 Å². The Morgan fingerprint density at radius 1 is 0.944 bits per heavy atom. The fourth-order valence-corrected chi connectivity index (χ4v) is 2.48. The first-order valence-electron chi connectivity index (χ1n) is 6.42. The van der Waals surface area contributed by atoms with Gasteiger partial charge in [-0.1, -0.05) is 44.2 Å². The topological polar surface area (TPSA) is 15.8 Å². The molecule has 0 atom stereocenters. The van der Waals surface area contributed by atoms with Crippen molar-refractivity contribution in [2.75, 3.05) is 0 Å². The summed E-state index contributed by atoms with van der Waals surface area (Å²) >= 11 is 0. The Labute approximate surface area is 107 Å². The van der Waals surface area contributed by atoms with Gasteiger partial charge in [0.1, 0.15) is 0 Å². The molecule has 18 heavy (non-hydrogen) atoms. The van der Waals surface area contributed by atoms with Gasteiger partial charge in [0.2, 0.25) is 0 Å². The molecule has 0 aliphatic rings. The van der Waals surface area contributed by atoms with E-state index in [2.05, 4.69) is 67.4 Å². The van der Waals surface area contributed by atoms with Crippen LogP contribution < -0.4 is 0 Å². The lowest BCUT2D eigenvalue weighted by molar-refractivity contribution is 0.869. The van der Waals surface area contributed by atoms with Gasteiger partial charge in [-0.25, -0.2) is 0 Å². The molecule has 1 heteroatoms. The second-order valence-electron chi connectivity index (χ2n) is 5.02. The van der Waals surface area contributed by atoms with Crippen LogP contribution in [0, 0.1) is 0 Å². The van der Waals surface area contributed by atoms with Crippen molar-refractivity contribution >= 4 is 10.9 Å². The van der Waals surface area contributed by atoms with Gasteiger partial charge in [0.25, 0.3) is 0 Å². The number of aromatic nitrogens is 1. The zero-order valence-corrected chi connectivity index (χ0v) is 10.8. The summed E-state index contributed by atoms with van der Waals surface area (Å²) in [6.45, 7) is 4.49. The van der Waals surface area contributed by atoms with E-state index in [1.54, 1.807) is 0 Å². The Kier molecular flexibility index (Phi) is 2.67. The predicted molar refractivity (Wildman–Crippen MR) is 77.8 cm³/mol. The van der Waals surface area contributed by atoms with E-state index >= 15 is 0 Å². The van der Waals surface area contributed by atoms with Crippen LogP contribution in [0.4, 0.5) is 0 Å². The standard InChI is InChI=1S/C17H17N/c1-12(2)15-5-3-4-6-16(15)13-7-8-17-14(11-13)9-10-18-17/h3-12,18H,1-2H3. The van der Waals surface area contributed by atoms with Crippen molar-refractivity contribution in [3.63, 3.8) is 0 Å². The van der Waals surface area contributed by atoms with E-state index in [1.165, 1.54) is 27.6 Å². The molecule has 3 aromatic rings. The monoisotopic (exact) mass is 235 g/mol. The lowest BCUT2D eigenvalue weighted by atomic mass is 9.92. The predicted octanol–water partition coefficient (Wildman–Crippen LogP) is 4.96. The van der Waals surface area contributed by atoms with Crippen molar-refractivity contribution in [3.8, 4) is 11.1 Å². The molecule has 0 saturated carbocycles. The Morgan fingerprint density at radius 2 is 1.78 bits per heavy atom. The highest BCUT2D eigenvalue weighted by molar-refractivity contribution is 5.85. The molecule has 0 unspecified atom stereocenters. The summed E-state index contributed by atoms with van der Waals surface area (Å²) in [6, 6.07) is 17.4. The summed E-state index contributed by atoms with van der Waals surface area (Å²) in [5, 5.41) is 1.27. The van der Waals surface area contributed by atoms with Gasteiger partial charge in [-0.3, -0.25) is 0 Å². The zero-order chi connectivity index (χ0) is 12.5. The molecular formula is C17H17N.